The van der Waals surface area contributed by atoms with E-state index in [2.05, 4.69) is 33.6 Å². The summed E-state index contributed by atoms with van der Waals surface area (Å²) in [6.07, 6.45) is -7.83. The summed E-state index contributed by atoms with van der Waals surface area (Å²) >= 11 is 0. The Kier molecular flexibility index (Phi) is 7.07. The van der Waals surface area contributed by atoms with E-state index in [9.17, 15) is 39.3 Å². The molecule has 34 heavy (non-hydrogen) atoms. The number of aliphatic hydroxyl groups excluding tert-OH is 4. The molecule has 2 saturated heterocycles. The van der Waals surface area contributed by atoms with Crippen LogP contribution in [0.3, 0.4) is 0 Å². The minimum Gasteiger partial charge on any atom is -0.389 e. The number of rotatable bonds is 8. The van der Waals surface area contributed by atoms with Crippen LogP contribution in [0.2, 0.25) is 0 Å². The van der Waals surface area contributed by atoms with Crippen LogP contribution >= 0.6 is 15.6 Å². The molecule has 0 aliphatic carbocycles. The van der Waals surface area contributed by atoms with Gasteiger partial charge in [-0.05, 0) is 0 Å². The number of anilines is 1. The average Bonchev–Trinajstić information content (AvgIpc) is 3.39. The Morgan fingerprint density at radius 3 is 2.53 bits per heavy atom. The van der Waals surface area contributed by atoms with E-state index in [4.69, 9.17) is 10.5 Å². The van der Waals surface area contributed by atoms with Gasteiger partial charge in [0.2, 0.25) is 0 Å². The van der Waals surface area contributed by atoms with E-state index in [0.717, 1.165) is 6.33 Å². The number of ether oxygens (including phenoxy) is 1. The van der Waals surface area contributed by atoms with Crippen molar-refractivity contribution in [3.63, 3.8) is 0 Å². The number of hydrogen-bond acceptors (Lipinski definition) is 15. The molecular formula is C14H22N6O12P2. The van der Waals surface area contributed by atoms with Crippen molar-refractivity contribution in [1.29, 1.82) is 0 Å². The molecule has 2 fully saturated rings. The van der Waals surface area contributed by atoms with E-state index in [1.165, 1.54) is 10.9 Å². The summed E-state index contributed by atoms with van der Waals surface area (Å²) in [6, 6.07) is 0. The lowest BCUT2D eigenvalue weighted by atomic mass is 10.1. The number of nitrogen functional groups attached to an aromatic ring is 1. The van der Waals surface area contributed by atoms with Gasteiger partial charge in [0.05, 0.1) is 19.0 Å². The van der Waals surface area contributed by atoms with Gasteiger partial charge >= 0.3 is 15.6 Å². The summed E-state index contributed by atoms with van der Waals surface area (Å²) in [6.45, 7) is -1.01. The number of nitrogens with zero attached hydrogens (tertiary/aromatic N) is 4. The van der Waals surface area contributed by atoms with Crippen molar-refractivity contribution in [2.45, 2.75) is 43.0 Å². The quantitative estimate of drug-likeness (QED) is 0.158. The van der Waals surface area contributed by atoms with Crippen molar-refractivity contribution in [1.82, 2.24) is 24.8 Å². The first kappa shape index (κ1) is 25.5. The lowest BCUT2D eigenvalue weighted by Gasteiger charge is -2.22. The number of imidazole rings is 1. The lowest BCUT2D eigenvalue weighted by molar-refractivity contribution is -0.0510. The van der Waals surface area contributed by atoms with Gasteiger partial charge in [0.15, 0.2) is 17.7 Å². The number of nitrogens with one attached hydrogen (secondary N) is 1. The van der Waals surface area contributed by atoms with Crippen LogP contribution in [0.5, 0.6) is 0 Å². The van der Waals surface area contributed by atoms with Gasteiger partial charge in [-0.25, -0.2) is 24.1 Å². The molecule has 0 spiro atoms. The maximum atomic E-state index is 12.1. The maximum absolute atomic E-state index is 12.1. The Bertz CT molecular complexity index is 1140. The number of aromatic nitrogens is 4. The Morgan fingerprint density at radius 2 is 1.85 bits per heavy atom. The molecule has 2 aliphatic rings. The van der Waals surface area contributed by atoms with E-state index < -0.39 is 65.2 Å². The molecule has 20 heteroatoms. The van der Waals surface area contributed by atoms with Crippen molar-refractivity contribution >= 4 is 32.6 Å². The van der Waals surface area contributed by atoms with Gasteiger partial charge in [-0.1, -0.05) is 0 Å². The molecule has 18 nitrogen and oxygen atoms in total. The van der Waals surface area contributed by atoms with Gasteiger partial charge in [-0.2, -0.15) is 4.31 Å². The van der Waals surface area contributed by atoms with Crippen LogP contribution < -0.4 is 11.1 Å². The second-order valence-electron chi connectivity index (χ2n) is 7.44. The SMILES string of the molecule is Nc1ncnc2c1ncn2[C@@H]1O[C@H](COP(=O)(O)OP(=O)(O)O[C@H]2NCC(O)[C@H]2O)C(O)C1O. The van der Waals surface area contributed by atoms with Crippen LogP contribution in [0.25, 0.3) is 11.2 Å². The molecule has 0 saturated carbocycles. The number of phosphoric acid groups is 2. The number of β-amino-alcohol motifs (C(OH)–C–C–N with tert-alkyl or cyclic N) is 1. The van der Waals surface area contributed by atoms with Crippen molar-refractivity contribution in [3.05, 3.63) is 12.7 Å². The molecule has 0 radical (unpaired) electrons. The summed E-state index contributed by atoms with van der Waals surface area (Å²) < 4.78 is 44.3. The van der Waals surface area contributed by atoms with Gasteiger partial charge in [-0.15, -0.1) is 0 Å². The maximum Gasteiger partial charge on any atom is 0.482 e. The third-order valence-electron chi connectivity index (χ3n) is 5.09. The second kappa shape index (κ2) is 9.44. The summed E-state index contributed by atoms with van der Waals surface area (Å²) in [5.74, 6) is 0.0699. The molecule has 2 aromatic rings. The van der Waals surface area contributed by atoms with Crippen LogP contribution in [0.4, 0.5) is 5.82 Å². The van der Waals surface area contributed by atoms with Crippen LogP contribution in [0.15, 0.2) is 12.7 Å². The van der Waals surface area contributed by atoms with Gasteiger partial charge in [0.25, 0.3) is 0 Å². The molecule has 2 aliphatic heterocycles. The zero-order valence-electron chi connectivity index (χ0n) is 17.0. The van der Waals surface area contributed by atoms with Crippen molar-refractivity contribution in [3.8, 4) is 0 Å². The zero-order valence-corrected chi connectivity index (χ0v) is 18.8. The Labute approximate surface area is 190 Å². The van der Waals surface area contributed by atoms with Crippen LogP contribution in [-0.2, 0) is 27.2 Å². The molecule has 0 bridgehead atoms. The van der Waals surface area contributed by atoms with Crippen molar-refractivity contribution in [2.24, 2.45) is 0 Å². The molecule has 0 aromatic carbocycles. The molecule has 5 unspecified atom stereocenters. The summed E-state index contributed by atoms with van der Waals surface area (Å²) in [5.41, 5.74) is 6.12. The first-order valence-electron chi connectivity index (χ1n) is 9.62. The highest BCUT2D eigenvalue weighted by atomic mass is 31.3. The molecular weight excluding hydrogens is 506 g/mol. The van der Waals surface area contributed by atoms with Crippen LogP contribution in [0.1, 0.15) is 6.23 Å². The highest BCUT2D eigenvalue weighted by Gasteiger charge is 2.47. The minimum atomic E-state index is -5.27. The normalized spacial score (nSPS) is 35.4. The zero-order chi connectivity index (χ0) is 24.8. The van der Waals surface area contributed by atoms with E-state index in [1.807, 2.05) is 0 Å². The fourth-order valence-corrected chi connectivity index (χ4v) is 5.62. The fraction of sp³-hybridized carbons (Fsp3) is 0.643. The van der Waals surface area contributed by atoms with Gasteiger partial charge in [-0.3, -0.25) is 18.9 Å². The molecule has 9 atom stereocenters. The topological polar surface area (TPSA) is 274 Å². The standard InChI is InChI=1S/C14H22N6O12P2/c15-11-7-12(18-3-17-11)20(4-19-7)14-10(24)9(23)6(30-14)2-29-33(25,26)32-34(27,28)31-13-8(22)5(21)1-16-13/h3-6,8-10,13-14,16,21-24H,1-2H2,(H,25,26)(H,27,28)(H2,15,17,18)/t5?,6-,8-,9?,10?,13-,14-/m1/s1. The van der Waals surface area contributed by atoms with E-state index in [-0.39, 0.29) is 23.5 Å². The predicted octanol–water partition coefficient (Wildman–Crippen LogP) is -3.07. The first-order valence-corrected chi connectivity index (χ1v) is 12.6. The Hall–Kier alpha value is -1.63. The van der Waals surface area contributed by atoms with Gasteiger partial charge in [0.1, 0.15) is 42.5 Å². The van der Waals surface area contributed by atoms with Crippen molar-refractivity contribution in [2.75, 3.05) is 18.9 Å². The second-order valence-corrected chi connectivity index (χ2v) is 10.4. The molecule has 0 amide bonds. The van der Waals surface area contributed by atoms with E-state index in [1.54, 1.807) is 0 Å². The Morgan fingerprint density at radius 1 is 1.12 bits per heavy atom. The highest BCUT2D eigenvalue weighted by molar-refractivity contribution is 7.61. The van der Waals surface area contributed by atoms with Gasteiger partial charge < -0.3 is 40.7 Å². The number of hydrogen-bond donors (Lipinski definition) is 8. The van der Waals surface area contributed by atoms with E-state index in [0.29, 0.717) is 0 Å². The monoisotopic (exact) mass is 528 g/mol. The number of fused-ring (bicyclic) bond motifs is 1. The number of nitrogens with two attached hydrogens (primary N) is 1. The smallest absolute Gasteiger partial charge is 0.389 e. The first-order chi connectivity index (χ1) is 15.9. The van der Waals surface area contributed by atoms with Gasteiger partial charge in [0, 0.05) is 6.54 Å². The summed E-state index contributed by atoms with van der Waals surface area (Å²) in [4.78, 5) is 31.3. The molecule has 4 heterocycles. The molecule has 2 aromatic heterocycles. The predicted molar refractivity (Wildman–Crippen MR) is 107 cm³/mol. The average molecular weight is 528 g/mol. The largest absolute Gasteiger partial charge is 0.482 e. The molecule has 4 rings (SSSR count). The van der Waals surface area contributed by atoms with Crippen molar-refractivity contribution < 1.29 is 57.4 Å². The lowest BCUT2D eigenvalue weighted by Crippen LogP contribution is -2.34. The third-order valence-corrected chi connectivity index (χ3v) is 7.71. The molecule has 190 valence electrons. The Balaban J connectivity index is 1.38. The molecule has 9 N–H and O–H groups in total. The summed E-state index contributed by atoms with van der Waals surface area (Å²) in [5, 5.41) is 42.1. The summed E-state index contributed by atoms with van der Waals surface area (Å²) in [7, 11) is -10.5. The third kappa shape index (κ3) is 5.14. The van der Waals surface area contributed by atoms with Crippen LogP contribution in [0, 0.1) is 0 Å². The van der Waals surface area contributed by atoms with E-state index >= 15 is 0 Å². The fourth-order valence-electron chi connectivity index (χ4n) is 3.42. The minimum absolute atomic E-state index is 0.0699. The van der Waals surface area contributed by atoms with Crippen LogP contribution in [-0.4, -0.2) is 99.6 Å². The highest BCUT2D eigenvalue weighted by Crippen LogP contribution is 2.61. The number of phosphoric ester groups is 2. The number of aliphatic hydroxyl groups is 4.